The van der Waals surface area contributed by atoms with Crippen LogP contribution in [0.25, 0.3) is 11.0 Å². The van der Waals surface area contributed by atoms with Gasteiger partial charge in [-0.2, -0.15) is 5.10 Å². The molecule has 0 aromatic carbocycles. The first-order valence-electron chi connectivity index (χ1n) is 6.28. The second-order valence-corrected chi connectivity index (χ2v) is 4.78. The first-order chi connectivity index (χ1) is 9.63. The molecule has 0 aliphatic heterocycles. The molecule has 0 saturated carbocycles. The van der Waals surface area contributed by atoms with Crippen LogP contribution in [0.5, 0.6) is 0 Å². The predicted octanol–water partition coefficient (Wildman–Crippen LogP) is 1.17. The average molecular weight is 272 g/mol. The molecule has 0 saturated heterocycles. The fourth-order valence-electron chi connectivity index (χ4n) is 2.13. The van der Waals surface area contributed by atoms with Crippen molar-refractivity contribution in [3.63, 3.8) is 0 Å². The molecule has 2 N–H and O–H groups in total. The van der Waals surface area contributed by atoms with Crippen LogP contribution in [-0.4, -0.2) is 31.7 Å². The van der Waals surface area contributed by atoms with E-state index in [0.717, 1.165) is 16.8 Å². The molecule has 0 amide bonds. The topological polar surface area (TPSA) is 86.0 Å². The number of furan rings is 1. The number of anilines is 1. The van der Waals surface area contributed by atoms with Crippen molar-refractivity contribution < 1.29 is 4.42 Å². The minimum Gasteiger partial charge on any atom is -0.468 e. The summed E-state index contributed by atoms with van der Waals surface area (Å²) in [7, 11) is 3.82. The molecule has 0 unspecified atom stereocenters. The number of nitrogens with two attached hydrogens (primary N) is 1. The maximum Gasteiger partial charge on any atom is 0.163 e. The Kier molecular flexibility index (Phi) is 3.11. The van der Waals surface area contributed by atoms with E-state index in [1.807, 2.05) is 26.2 Å². The van der Waals surface area contributed by atoms with Crippen LogP contribution in [0.2, 0.25) is 0 Å². The zero-order chi connectivity index (χ0) is 14.1. The normalized spacial score (nSPS) is 11.6. The molecule has 0 spiro atoms. The van der Waals surface area contributed by atoms with Gasteiger partial charge in [0.1, 0.15) is 17.4 Å². The average Bonchev–Trinajstić information content (AvgIpc) is 3.00. The zero-order valence-corrected chi connectivity index (χ0v) is 11.4. The minimum atomic E-state index is 0.462. The van der Waals surface area contributed by atoms with Crippen molar-refractivity contribution >= 4 is 16.9 Å². The molecule has 104 valence electrons. The molecule has 0 aliphatic carbocycles. The maximum atomic E-state index is 5.94. The van der Waals surface area contributed by atoms with Crippen molar-refractivity contribution in [1.29, 1.82) is 0 Å². The molecule has 0 bridgehead atoms. The molecular weight excluding hydrogens is 256 g/mol. The van der Waals surface area contributed by atoms with Crippen LogP contribution in [-0.2, 0) is 20.1 Å². The number of aromatic nitrogens is 4. The van der Waals surface area contributed by atoms with Gasteiger partial charge in [0.05, 0.1) is 30.9 Å². The maximum absolute atomic E-state index is 5.94. The van der Waals surface area contributed by atoms with Gasteiger partial charge in [-0.3, -0.25) is 9.58 Å². The highest BCUT2D eigenvalue weighted by Gasteiger charge is 2.11. The van der Waals surface area contributed by atoms with E-state index in [4.69, 9.17) is 10.2 Å². The number of nitrogens with zero attached hydrogens (tertiary/aromatic N) is 5. The van der Waals surface area contributed by atoms with Gasteiger partial charge >= 0.3 is 0 Å². The van der Waals surface area contributed by atoms with Crippen molar-refractivity contribution in [2.75, 3.05) is 12.8 Å². The fraction of sp³-hybridized carbons (Fsp3) is 0.308. The van der Waals surface area contributed by atoms with E-state index in [2.05, 4.69) is 20.0 Å². The summed E-state index contributed by atoms with van der Waals surface area (Å²) in [6.45, 7) is 1.28. The molecule has 3 aromatic rings. The molecule has 20 heavy (non-hydrogen) atoms. The van der Waals surface area contributed by atoms with Crippen LogP contribution < -0.4 is 5.73 Å². The Morgan fingerprint density at radius 1 is 1.35 bits per heavy atom. The SMILES string of the molecule is CN(Cc1nc(N)c2cnn(C)c2n1)Cc1ccco1. The van der Waals surface area contributed by atoms with E-state index in [-0.39, 0.29) is 0 Å². The molecule has 0 fully saturated rings. The third-order valence-corrected chi connectivity index (χ3v) is 3.09. The van der Waals surface area contributed by atoms with Crippen LogP contribution in [0.1, 0.15) is 11.6 Å². The summed E-state index contributed by atoms with van der Waals surface area (Å²) in [5.74, 6) is 2.04. The standard InChI is InChI=1S/C13H16N6O/c1-18(7-9-4-3-5-20-9)8-11-16-12(14)10-6-15-19(2)13(10)17-11/h3-6H,7-8H2,1-2H3,(H2,14,16,17). The largest absolute Gasteiger partial charge is 0.468 e. The van der Waals surface area contributed by atoms with Gasteiger partial charge in [0, 0.05) is 7.05 Å². The van der Waals surface area contributed by atoms with E-state index in [9.17, 15) is 0 Å². The number of nitrogen functional groups attached to an aromatic ring is 1. The van der Waals surface area contributed by atoms with Crippen LogP contribution in [0.4, 0.5) is 5.82 Å². The van der Waals surface area contributed by atoms with Crippen molar-refractivity contribution in [2.45, 2.75) is 13.1 Å². The monoisotopic (exact) mass is 272 g/mol. The third kappa shape index (κ3) is 2.35. The summed E-state index contributed by atoms with van der Waals surface area (Å²) in [6.07, 6.45) is 3.35. The number of fused-ring (bicyclic) bond motifs is 1. The van der Waals surface area contributed by atoms with E-state index < -0.39 is 0 Å². The fourth-order valence-corrected chi connectivity index (χ4v) is 2.13. The summed E-state index contributed by atoms with van der Waals surface area (Å²) >= 11 is 0. The Bertz CT molecular complexity index is 718. The van der Waals surface area contributed by atoms with Gasteiger partial charge in [-0.25, -0.2) is 9.97 Å². The minimum absolute atomic E-state index is 0.462. The highest BCUT2D eigenvalue weighted by molar-refractivity contribution is 5.84. The van der Waals surface area contributed by atoms with Crippen molar-refractivity contribution in [3.05, 3.63) is 36.2 Å². The van der Waals surface area contributed by atoms with E-state index in [0.29, 0.717) is 24.7 Å². The first-order valence-corrected chi connectivity index (χ1v) is 6.28. The smallest absolute Gasteiger partial charge is 0.163 e. The van der Waals surface area contributed by atoms with Crippen LogP contribution >= 0.6 is 0 Å². The van der Waals surface area contributed by atoms with Gasteiger partial charge in [-0.05, 0) is 19.2 Å². The number of aryl methyl sites for hydroxylation is 1. The van der Waals surface area contributed by atoms with Crippen molar-refractivity contribution in [2.24, 2.45) is 7.05 Å². The lowest BCUT2D eigenvalue weighted by atomic mass is 10.3. The number of hydrogen-bond donors (Lipinski definition) is 1. The second-order valence-electron chi connectivity index (χ2n) is 4.78. The van der Waals surface area contributed by atoms with Crippen molar-refractivity contribution in [1.82, 2.24) is 24.6 Å². The molecule has 0 radical (unpaired) electrons. The van der Waals surface area contributed by atoms with E-state index in [1.165, 1.54) is 0 Å². The highest BCUT2D eigenvalue weighted by atomic mass is 16.3. The summed E-state index contributed by atoms with van der Waals surface area (Å²) in [6, 6.07) is 3.81. The van der Waals surface area contributed by atoms with E-state index in [1.54, 1.807) is 17.1 Å². The van der Waals surface area contributed by atoms with Crippen LogP contribution in [0.15, 0.2) is 29.0 Å². The number of rotatable bonds is 4. The molecular formula is C13H16N6O. The summed E-state index contributed by atoms with van der Waals surface area (Å²) in [4.78, 5) is 10.9. The van der Waals surface area contributed by atoms with Crippen molar-refractivity contribution in [3.8, 4) is 0 Å². The lowest BCUT2D eigenvalue weighted by Crippen LogP contribution is -2.19. The van der Waals surface area contributed by atoms with Gasteiger partial charge in [-0.15, -0.1) is 0 Å². The lowest BCUT2D eigenvalue weighted by Gasteiger charge is -2.14. The highest BCUT2D eigenvalue weighted by Crippen LogP contribution is 2.17. The van der Waals surface area contributed by atoms with Gasteiger partial charge in [0.15, 0.2) is 5.65 Å². The Hall–Kier alpha value is -2.41. The summed E-state index contributed by atoms with van der Waals surface area (Å²) in [5.41, 5.74) is 6.69. The third-order valence-electron chi connectivity index (χ3n) is 3.09. The molecule has 0 aliphatic rings. The van der Waals surface area contributed by atoms with Gasteiger partial charge in [0.25, 0.3) is 0 Å². The van der Waals surface area contributed by atoms with Gasteiger partial charge in [-0.1, -0.05) is 0 Å². The second kappa shape index (κ2) is 4.93. The zero-order valence-electron chi connectivity index (χ0n) is 11.4. The predicted molar refractivity (Wildman–Crippen MR) is 74.6 cm³/mol. The Labute approximate surface area is 116 Å². The quantitative estimate of drug-likeness (QED) is 0.767. The molecule has 3 aromatic heterocycles. The molecule has 3 heterocycles. The Balaban J connectivity index is 1.81. The Morgan fingerprint density at radius 2 is 2.20 bits per heavy atom. The number of hydrogen-bond acceptors (Lipinski definition) is 6. The van der Waals surface area contributed by atoms with Gasteiger partial charge < -0.3 is 10.2 Å². The van der Waals surface area contributed by atoms with Gasteiger partial charge in [0.2, 0.25) is 0 Å². The van der Waals surface area contributed by atoms with Crippen LogP contribution in [0.3, 0.4) is 0 Å². The Morgan fingerprint density at radius 3 is 2.95 bits per heavy atom. The molecule has 0 atom stereocenters. The lowest BCUT2D eigenvalue weighted by molar-refractivity contribution is 0.281. The summed E-state index contributed by atoms with van der Waals surface area (Å²) in [5, 5.41) is 4.93. The summed E-state index contributed by atoms with van der Waals surface area (Å²) < 4.78 is 7.02. The van der Waals surface area contributed by atoms with E-state index >= 15 is 0 Å². The molecule has 7 nitrogen and oxygen atoms in total. The molecule has 7 heteroatoms. The van der Waals surface area contributed by atoms with Crippen LogP contribution in [0, 0.1) is 0 Å². The molecule has 3 rings (SSSR count). The first kappa shape index (κ1) is 12.6.